The Labute approximate surface area is 383 Å². The Morgan fingerprint density at radius 2 is 1.18 bits per heavy atom. The highest BCUT2D eigenvalue weighted by molar-refractivity contribution is 5.86. The molecule has 0 spiro atoms. The molecule has 68 heavy (non-hydrogen) atoms. The SMILES string of the molecule is C1CCOC1.CC.CCOC(=O)/C=C/c1ccc(C(F)(F)C(O)(Cn2cnnn2)c2ccc(F)cc2F)nc1.OC/C=C/c1ccc(C(F)(F)C(O)(Cn2cnnn2)c2ccc(F)cc2F)nc1. The molecule has 2 aromatic carbocycles. The van der Waals surface area contributed by atoms with Crippen molar-refractivity contribution in [2.24, 2.45) is 0 Å². The fraction of sp³-hybridized carbons (Fsp3) is 0.341. The highest BCUT2D eigenvalue weighted by Gasteiger charge is 2.59. The molecule has 0 radical (unpaired) electrons. The van der Waals surface area contributed by atoms with E-state index in [1.54, 1.807) is 6.92 Å². The summed E-state index contributed by atoms with van der Waals surface area (Å²) in [5, 5.41) is 51.0. The first kappa shape index (κ1) is 53.7. The number of hydrogen-bond acceptors (Lipinski definition) is 14. The molecule has 4 aromatic heterocycles. The van der Waals surface area contributed by atoms with E-state index in [1.165, 1.54) is 43.2 Å². The molecule has 0 amide bonds. The molecule has 5 heterocycles. The molecule has 1 saturated heterocycles. The summed E-state index contributed by atoms with van der Waals surface area (Å²) >= 11 is 0. The summed E-state index contributed by atoms with van der Waals surface area (Å²) in [6, 6.07) is 8.13. The minimum atomic E-state index is -4.17. The van der Waals surface area contributed by atoms with Gasteiger partial charge in [-0.25, -0.2) is 31.7 Å². The van der Waals surface area contributed by atoms with Crippen molar-refractivity contribution in [2.75, 3.05) is 26.4 Å². The molecule has 3 N–H and O–H groups in total. The van der Waals surface area contributed by atoms with Crippen LogP contribution in [0.25, 0.3) is 12.2 Å². The van der Waals surface area contributed by atoms with Crippen molar-refractivity contribution < 1.29 is 64.7 Å². The molecule has 0 saturated carbocycles. The summed E-state index contributed by atoms with van der Waals surface area (Å²) in [5.74, 6) is -13.6. The van der Waals surface area contributed by atoms with Gasteiger partial charge in [0, 0.05) is 54.9 Å². The van der Waals surface area contributed by atoms with Crippen LogP contribution in [0.4, 0.5) is 35.1 Å². The Kier molecular flexibility index (Phi) is 19.6. The number of pyridine rings is 2. The molecule has 24 heteroatoms. The van der Waals surface area contributed by atoms with Gasteiger partial charge >= 0.3 is 17.8 Å². The topological polar surface area (TPSA) is 209 Å². The zero-order valence-electron chi connectivity index (χ0n) is 36.6. The number of aromatic nitrogens is 10. The van der Waals surface area contributed by atoms with Gasteiger partial charge in [-0.2, -0.15) is 17.6 Å². The van der Waals surface area contributed by atoms with Crippen molar-refractivity contribution in [3.63, 3.8) is 0 Å². The van der Waals surface area contributed by atoms with Gasteiger partial charge in [0.05, 0.1) is 26.3 Å². The van der Waals surface area contributed by atoms with Crippen LogP contribution in [0.3, 0.4) is 0 Å². The Morgan fingerprint density at radius 1 is 0.721 bits per heavy atom. The van der Waals surface area contributed by atoms with Crippen LogP contribution in [0.15, 0.2) is 97.9 Å². The third kappa shape index (κ3) is 13.4. The average molecular weight is 963 g/mol. The second kappa shape index (κ2) is 24.8. The maximum absolute atomic E-state index is 15.6. The van der Waals surface area contributed by atoms with E-state index < -0.39 is 87.9 Å². The number of carbonyl (C=O) groups excluding carboxylic acids is 1. The summed E-state index contributed by atoms with van der Waals surface area (Å²) in [6.07, 6.45) is 11.9. The predicted octanol–water partition coefficient (Wildman–Crippen LogP) is 6.46. The number of tetrazole rings is 2. The monoisotopic (exact) mass is 962 g/mol. The summed E-state index contributed by atoms with van der Waals surface area (Å²) < 4.78 is 129. The van der Waals surface area contributed by atoms with Crippen molar-refractivity contribution >= 4 is 18.1 Å². The molecule has 0 aliphatic carbocycles. The second-order valence-corrected chi connectivity index (χ2v) is 14.1. The van der Waals surface area contributed by atoms with E-state index in [4.69, 9.17) is 14.6 Å². The summed E-state index contributed by atoms with van der Waals surface area (Å²) in [7, 11) is 0. The highest BCUT2D eigenvalue weighted by atomic mass is 19.3. The van der Waals surface area contributed by atoms with Gasteiger partial charge in [0.2, 0.25) is 0 Å². The van der Waals surface area contributed by atoms with Crippen LogP contribution in [0.2, 0.25) is 0 Å². The predicted molar refractivity (Wildman–Crippen MR) is 226 cm³/mol. The van der Waals surface area contributed by atoms with Gasteiger partial charge in [0.15, 0.2) is 11.2 Å². The largest absolute Gasteiger partial charge is 0.463 e. The van der Waals surface area contributed by atoms with Gasteiger partial charge in [-0.1, -0.05) is 38.1 Å². The number of aliphatic hydroxyl groups excluding tert-OH is 1. The van der Waals surface area contributed by atoms with Crippen molar-refractivity contribution in [1.82, 2.24) is 50.4 Å². The van der Waals surface area contributed by atoms with E-state index in [-0.39, 0.29) is 13.2 Å². The number of aliphatic hydroxyl groups is 3. The summed E-state index contributed by atoms with van der Waals surface area (Å²) in [5.41, 5.74) is -9.14. The highest BCUT2D eigenvalue weighted by Crippen LogP contribution is 2.48. The zero-order chi connectivity index (χ0) is 50.0. The maximum Gasteiger partial charge on any atom is 0.330 e. The smallest absolute Gasteiger partial charge is 0.330 e. The van der Waals surface area contributed by atoms with Crippen molar-refractivity contribution in [1.29, 1.82) is 0 Å². The number of carbonyl (C=O) groups is 1. The molecular formula is C44H46F8N10O6. The Bertz CT molecular complexity index is 2530. The van der Waals surface area contributed by atoms with E-state index >= 15 is 17.6 Å². The van der Waals surface area contributed by atoms with Gasteiger partial charge in [0.25, 0.3) is 0 Å². The normalized spacial score (nSPS) is 14.4. The third-order valence-corrected chi connectivity index (χ3v) is 9.51. The van der Waals surface area contributed by atoms with Gasteiger partial charge in [-0.05, 0) is 94.2 Å². The standard InChI is InChI=1S/C20H17F4N5O3.C18H15F4N5O2.C4H8O.C2H6/c1-2-32-18(30)8-4-13-3-7-17(25-10-13)20(23,24)19(31,11-29-12-26-27-28-29)15-6-5-14(21)9-16(15)22;19-13-4-5-14(15(20)8-13)17(29,10-27-11-24-25-26-27)18(21,22)16-6-3-12(9-23-16)2-1-7-28;1-2-4-5-3-1;1-2/h3-10,12,31H,2,11H2,1H3;1-6,8-9,11,28-29H,7,10H2;1-4H2;1-2H3/b8-4+;2-1+;;. The minimum Gasteiger partial charge on any atom is -0.463 e. The summed E-state index contributed by atoms with van der Waals surface area (Å²) in [6.45, 7) is 5.68. The quantitative estimate of drug-likeness (QED) is 0.0574. The fourth-order valence-corrected chi connectivity index (χ4v) is 6.19. The number of esters is 1. The van der Waals surface area contributed by atoms with E-state index in [0.717, 1.165) is 90.1 Å². The van der Waals surface area contributed by atoms with E-state index in [0.29, 0.717) is 23.3 Å². The average Bonchev–Trinajstić information content (AvgIpc) is 4.16. The number of rotatable bonds is 15. The number of halogens is 8. The van der Waals surface area contributed by atoms with Gasteiger partial charge in [-0.3, -0.25) is 9.97 Å². The van der Waals surface area contributed by atoms with E-state index in [9.17, 15) is 32.6 Å². The molecule has 6 aromatic rings. The lowest BCUT2D eigenvalue weighted by Crippen LogP contribution is -2.48. The van der Waals surface area contributed by atoms with Crippen LogP contribution in [0.1, 0.15) is 67.3 Å². The summed E-state index contributed by atoms with van der Waals surface area (Å²) in [4.78, 5) is 18.7. The van der Waals surface area contributed by atoms with Crippen LogP contribution < -0.4 is 0 Å². The molecule has 0 bridgehead atoms. The van der Waals surface area contributed by atoms with Crippen LogP contribution in [-0.2, 0) is 50.4 Å². The third-order valence-electron chi connectivity index (χ3n) is 9.51. The Hall–Kier alpha value is -6.89. The number of hydrogen-bond donors (Lipinski definition) is 3. The molecule has 7 rings (SSSR count). The Morgan fingerprint density at radius 3 is 1.51 bits per heavy atom. The number of benzene rings is 2. The molecule has 1 aliphatic heterocycles. The van der Waals surface area contributed by atoms with Gasteiger partial charge < -0.3 is 24.8 Å². The molecular weight excluding hydrogens is 917 g/mol. The van der Waals surface area contributed by atoms with Crippen molar-refractivity contribution in [3.8, 4) is 0 Å². The zero-order valence-corrected chi connectivity index (χ0v) is 36.6. The van der Waals surface area contributed by atoms with Gasteiger partial charge in [-0.15, -0.1) is 10.2 Å². The first-order chi connectivity index (χ1) is 32.4. The first-order valence-corrected chi connectivity index (χ1v) is 20.6. The number of nitrogens with zero attached hydrogens (tertiary/aromatic N) is 10. The van der Waals surface area contributed by atoms with E-state index in [1.807, 2.05) is 13.8 Å². The molecule has 2 atom stereocenters. The van der Waals surface area contributed by atoms with Gasteiger partial charge in [0.1, 0.15) is 47.3 Å². The fourth-order valence-electron chi connectivity index (χ4n) is 6.19. The lowest BCUT2D eigenvalue weighted by molar-refractivity contribution is -0.207. The lowest BCUT2D eigenvalue weighted by atomic mass is 9.84. The van der Waals surface area contributed by atoms with Crippen molar-refractivity contribution in [3.05, 3.63) is 155 Å². The molecule has 364 valence electrons. The number of ether oxygens (including phenoxy) is 2. The van der Waals surface area contributed by atoms with Crippen LogP contribution in [0, 0.1) is 23.3 Å². The molecule has 2 unspecified atom stereocenters. The van der Waals surface area contributed by atoms with E-state index in [2.05, 4.69) is 41.0 Å². The minimum absolute atomic E-state index is 0.173. The van der Waals surface area contributed by atoms with Crippen molar-refractivity contribution in [2.45, 2.75) is 69.7 Å². The Balaban J connectivity index is 0.000000260. The lowest BCUT2D eigenvalue weighted by Gasteiger charge is -2.35. The first-order valence-electron chi connectivity index (χ1n) is 20.6. The molecule has 1 fully saturated rings. The second-order valence-electron chi connectivity index (χ2n) is 14.1. The molecule has 1 aliphatic rings. The van der Waals surface area contributed by atoms with Crippen LogP contribution in [-0.4, -0.2) is 98.1 Å². The van der Waals surface area contributed by atoms with Crippen LogP contribution in [0.5, 0.6) is 0 Å². The maximum atomic E-state index is 15.6. The number of alkyl halides is 4. The van der Waals surface area contributed by atoms with Crippen LogP contribution >= 0.6 is 0 Å². The molecule has 16 nitrogen and oxygen atoms in total.